The molecule has 118 valence electrons. The van der Waals surface area contributed by atoms with Gasteiger partial charge in [0.05, 0.1) is 4.90 Å². The van der Waals surface area contributed by atoms with E-state index in [4.69, 9.17) is 0 Å². The molecule has 0 aliphatic heterocycles. The molecule has 0 aromatic heterocycles. The summed E-state index contributed by atoms with van der Waals surface area (Å²) in [5.41, 5.74) is 0.911. The molecule has 0 spiro atoms. The lowest BCUT2D eigenvalue weighted by atomic mass is 9.84. The largest absolute Gasteiger partial charge is 0.388 e. The van der Waals surface area contributed by atoms with E-state index < -0.39 is 10.0 Å². The van der Waals surface area contributed by atoms with E-state index in [0.717, 1.165) is 37.3 Å². The van der Waals surface area contributed by atoms with Crippen molar-refractivity contribution in [3.63, 3.8) is 0 Å². The molecule has 4 nitrogen and oxygen atoms in total. The minimum absolute atomic E-state index is 0.0899. The van der Waals surface area contributed by atoms with E-state index in [1.165, 1.54) is 12.8 Å². The second-order valence-electron chi connectivity index (χ2n) is 5.90. The third-order valence-corrected chi connectivity index (χ3v) is 5.86. The van der Waals surface area contributed by atoms with Crippen LogP contribution in [0.1, 0.15) is 45.4 Å². The van der Waals surface area contributed by atoms with Crippen LogP contribution in [-0.2, 0) is 10.0 Å². The summed E-state index contributed by atoms with van der Waals surface area (Å²) < 4.78 is 27.6. The fraction of sp³-hybridized carbons (Fsp3) is 0.625. The fourth-order valence-electron chi connectivity index (χ4n) is 3.07. The van der Waals surface area contributed by atoms with Crippen LogP contribution in [0.4, 0.5) is 5.69 Å². The lowest BCUT2D eigenvalue weighted by Crippen LogP contribution is -2.37. The zero-order valence-electron chi connectivity index (χ0n) is 12.9. The van der Waals surface area contributed by atoms with Gasteiger partial charge in [0.15, 0.2) is 0 Å². The standard InChI is InChI=1S/C16H26N2O2S/c1-3-4-13-5-7-15(8-6-13)18-21(19,20)16-11-9-14(17-2)10-12-16/h9-13,15,17-18H,3-8H2,1-2H3. The molecule has 1 saturated carbocycles. The first-order chi connectivity index (χ1) is 10.0. The van der Waals surface area contributed by atoms with Gasteiger partial charge in [-0.3, -0.25) is 0 Å². The van der Waals surface area contributed by atoms with Crippen molar-refractivity contribution < 1.29 is 8.42 Å². The number of benzene rings is 1. The summed E-state index contributed by atoms with van der Waals surface area (Å²) in [5, 5.41) is 2.99. The topological polar surface area (TPSA) is 58.2 Å². The average molecular weight is 310 g/mol. The molecule has 0 unspecified atom stereocenters. The van der Waals surface area contributed by atoms with Crippen LogP contribution in [0.3, 0.4) is 0 Å². The molecule has 0 radical (unpaired) electrons. The first kappa shape index (κ1) is 16.3. The first-order valence-electron chi connectivity index (χ1n) is 7.85. The molecule has 5 heteroatoms. The Balaban J connectivity index is 1.95. The highest BCUT2D eigenvalue weighted by atomic mass is 32.2. The molecular weight excluding hydrogens is 284 g/mol. The Hall–Kier alpha value is -1.07. The van der Waals surface area contributed by atoms with E-state index in [0.29, 0.717) is 4.90 Å². The number of nitrogens with one attached hydrogen (secondary N) is 2. The number of rotatable bonds is 6. The van der Waals surface area contributed by atoms with Crippen LogP contribution in [0.25, 0.3) is 0 Å². The van der Waals surface area contributed by atoms with Gasteiger partial charge in [-0.2, -0.15) is 0 Å². The highest BCUT2D eigenvalue weighted by Crippen LogP contribution is 2.28. The second-order valence-corrected chi connectivity index (χ2v) is 7.62. The summed E-state index contributed by atoms with van der Waals surface area (Å²) >= 11 is 0. The first-order valence-corrected chi connectivity index (χ1v) is 9.33. The van der Waals surface area contributed by atoms with Gasteiger partial charge in [-0.25, -0.2) is 13.1 Å². The summed E-state index contributed by atoms with van der Waals surface area (Å²) in [4.78, 5) is 0.345. The Bertz CT molecular complexity index is 532. The molecule has 21 heavy (non-hydrogen) atoms. The zero-order valence-corrected chi connectivity index (χ0v) is 13.7. The molecule has 1 fully saturated rings. The Morgan fingerprint density at radius 3 is 2.24 bits per heavy atom. The summed E-state index contributed by atoms with van der Waals surface area (Å²) in [6.07, 6.45) is 6.68. The lowest BCUT2D eigenvalue weighted by Gasteiger charge is -2.28. The van der Waals surface area contributed by atoms with E-state index in [1.807, 2.05) is 7.05 Å². The van der Waals surface area contributed by atoms with Gasteiger partial charge < -0.3 is 5.32 Å². The van der Waals surface area contributed by atoms with Gasteiger partial charge in [0, 0.05) is 18.8 Å². The second kappa shape index (κ2) is 7.27. The van der Waals surface area contributed by atoms with Crippen LogP contribution in [0.5, 0.6) is 0 Å². The molecule has 1 aliphatic rings. The van der Waals surface area contributed by atoms with Crippen molar-refractivity contribution in [2.75, 3.05) is 12.4 Å². The molecule has 1 aliphatic carbocycles. The van der Waals surface area contributed by atoms with Gasteiger partial charge in [0.25, 0.3) is 0 Å². The minimum atomic E-state index is -3.39. The van der Waals surface area contributed by atoms with Gasteiger partial charge >= 0.3 is 0 Å². The van der Waals surface area contributed by atoms with E-state index in [2.05, 4.69) is 17.0 Å². The van der Waals surface area contributed by atoms with Gasteiger partial charge in [-0.15, -0.1) is 0 Å². The maximum atomic E-state index is 12.4. The number of sulfonamides is 1. The third kappa shape index (κ3) is 4.45. The van der Waals surface area contributed by atoms with Crippen molar-refractivity contribution in [1.29, 1.82) is 0 Å². The third-order valence-electron chi connectivity index (χ3n) is 4.32. The molecule has 1 aromatic carbocycles. The summed E-state index contributed by atoms with van der Waals surface area (Å²) in [6.45, 7) is 2.21. The Kier molecular flexibility index (Phi) is 5.65. The van der Waals surface area contributed by atoms with Crippen LogP contribution in [0, 0.1) is 5.92 Å². The number of hydrogen-bond acceptors (Lipinski definition) is 3. The summed E-state index contributed by atoms with van der Waals surface area (Å²) in [7, 11) is -1.58. The van der Waals surface area contributed by atoms with Crippen molar-refractivity contribution in [3.8, 4) is 0 Å². The normalized spacial score (nSPS) is 23.0. The van der Waals surface area contributed by atoms with Gasteiger partial charge in [0.2, 0.25) is 10.0 Å². The predicted molar refractivity (Wildman–Crippen MR) is 87.0 cm³/mol. The van der Waals surface area contributed by atoms with E-state index in [1.54, 1.807) is 24.3 Å². The van der Waals surface area contributed by atoms with Gasteiger partial charge in [-0.1, -0.05) is 19.8 Å². The summed E-state index contributed by atoms with van der Waals surface area (Å²) in [5.74, 6) is 0.783. The van der Waals surface area contributed by atoms with Crippen molar-refractivity contribution in [2.24, 2.45) is 5.92 Å². The Morgan fingerprint density at radius 2 is 1.71 bits per heavy atom. The number of hydrogen-bond donors (Lipinski definition) is 2. The van der Waals surface area contributed by atoms with E-state index >= 15 is 0 Å². The summed E-state index contributed by atoms with van der Waals surface area (Å²) in [6, 6.07) is 6.96. The van der Waals surface area contributed by atoms with Crippen LogP contribution >= 0.6 is 0 Å². The molecule has 2 rings (SSSR count). The lowest BCUT2D eigenvalue weighted by molar-refractivity contribution is 0.297. The Morgan fingerprint density at radius 1 is 1.10 bits per heavy atom. The van der Waals surface area contributed by atoms with Gasteiger partial charge in [0.1, 0.15) is 0 Å². The molecule has 0 amide bonds. The molecule has 0 saturated heterocycles. The quantitative estimate of drug-likeness (QED) is 0.847. The maximum absolute atomic E-state index is 12.4. The van der Waals surface area contributed by atoms with Crippen LogP contribution in [0.15, 0.2) is 29.2 Å². The maximum Gasteiger partial charge on any atom is 0.240 e. The molecule has 0 bridgehead atoms. The monoisotopic (exact) mass is 310 g/mol. The molecule has 0 atom stereocenters. The fourth-order valence-corrected chi connectivity index (χ4v) is 4.37. The van der Waals surface area contributed by atoms with E-state index in [-0.39, 0.29) is 6.04 Å². The van der Waals surface area contributed by atoms with Gasteiger partial charge in [-0.05, 0) is 55.9 Å². The molecule has 2 N–H and O–H groups in total. The molecular formula is C16H26N2O2S. The van der Waals surface area contributed by atoms with Crippen molar-refractivity contribution in [1.82, 2.24) is 4.72 Å². The highest BCUT2D eigenvalue weighted by Gasteiger charge is 2.25. The average Bonchev–Trinajstić information content (AvgIpc) is 2.49. The van der Waals surface area contributed by atoms with Crippen LogP contribution in [0.2, 0.25) is 0 Å². The Labute approximate surface area is 128 Å². The van der Waals surface area contributed by atoms with E-state index in [9.17, 15) is 8.42 Å². The minimum Gasteiger partial charge on any atom is -0.388 e. The van der Waals surface area contributed by atoms with Crippen molar-refractivity contribution in [2.45, 2.75) is 56.4 Å². The van der Waals surface area contributed by atoms with Crippen LogP contribution < -0.4 is 10.0 Å². The highest BCUT2D eigenvalue weighted by molar-refractivity contribution is 7.89. The predicted octanol–water partition coefficient (Wildman–Crippen LogP) is 3.37. The van der Waals surface area contributed by atoms with Crippen molar-refractivity contribution >= 4 is 15.7 Å². The molecule has 0 heterocycles. The SMILES string of the molecule is CCCC1CCC(NS(=O)(=O)c2ccc(NC)cc2)CC1. The molecule has 1 aromatic rings. The number of anilines is 1. The zero-order chi connectivity index (χ0) is 15.3. The smallest absolute Gasteiger partial charge is 0.240 e. The van der Waals surface area contributed by atoms with Crippen LogP contribution in [-0.4, -0.2) is 21.5 Å². The van der Waals surface area contributed by atoms with Crippen molar-refractivity contribution in [3.05, 3.63) is 24.3 Å².